The van der Waals surface area contributed by atoms with Gasteiger partial charge in [-0.05, 0) is 36.6 Å². The van der Waals surface area contributed by atoms with Crippen molar-refractivity contribution in [3.8, 4) is 0 Å². The lowest BCUT2D eigenvalue weighted by Gasteiger charge is -2.10. The molecule has 0 saturated heterocycles. The standard InChI is InChI=1S/C23H26N4O2/c1-3-18-7-9-19(10-8-18)16-27-21(11-14-25-27)26-22(28)12-13-24-23(29)20-6-4-5-17(2)15-20/h4-11,14-15H,3,12-13,16H2,1-2H3,(H,24,29)(H,26,28). The molecule has 3 rings (SSSR count). The van der Waals surface area contributed by atoms with Crippen LogP contribution in [0.4, 0.5) is 5.82 Å². The van der Waals surface area contributed by atoms with E-state index in [4.69, 9.17) is 0 Å². The first-order valence-electron chi connectivity index (χ1n) is 9.79. The van der Waals surface area contributed by atoms with Crippen LogP contribution in [0.1, 0.15) is 40.4 Å². The molecule has 2 N–H and O–H groups in total. The van der Waals surface area contributed by atoms with Crippen LogP contribution in [-0.4, -0.2) is 28.1 Å². The van der Waals surface area contributed by atoms with Crippen LogP contribution in [0.2, 0.25) is 0 Å². The maximum absolute atomic E-state index is 12.3. The van der Waals surface area contributed by atoms with Crippen LogP contribution in [0, 0.1) is 6.92 Å². The molecule has 0 atom stereocenters. The largest absolute Gasteiger partial charge is 0.352 e. The van der Waals surface area contributed by atoms with E-state index in [0.717, 1.165) is 17.5 Å². The minimum atomic E-state index is -0.179. The van der Waals surface area contributed by atoms with Gasteiger partial charge in [-0.2, -0.15) is 5.10 Å². The highest BCUT2D eigenvalue weighted by molar-refractivity contribution is 5.95. The zero-order valence-corrected chi connectivity index (χ0v) is 16.8. The number of carbonyl (C=O) groups excluding carboxylic acids is 2. The Morgan fingerprint density at radius 2 is 1.79 bits per heavy atom. The lowest BCUT2D eigenvalue weighted by molar-refractivity contribution is -0.116. The average molecular weight is 390 g/mol. The molecule has 1 heterocycles. The summed E-state index contributed by atoms with van der Waals surface area (Å²) in [5, 5.41) is 9.94. The Kier molecular flexibility index (Phi) is 6.79. The highest BCUT2D eigenvalue weighted by Gasteiger charge is 2.10. The van der Waals surface area contributed by atoms with Crippen LogP contribution < -0.4 is 10.6 Å². The van der Waals surface area contributed by atoms with E-state index in [-0.39, 0.29) is 24.8 Å². The van der Waals surface area contributed by atoms with Crippen molar-refractivity contribution in [3.63, 3.8) is 0 Å². The van der Waals surface area contributed by atoms with E-state index in [1.165, 1.54) is 5.56 Å². The molecule has 0 aliphatic rings. The number of amides is 2. The SMILES string of the molecule is CCc1ccc(Cn2nccc2NC(=O)CCNC(=O)c2cccc(C)c2)cc1. The van der Waals surface area contributed by atoms with Crippen molar-refractivity contribution in [2.45, 2.75) is 33.2 Å². The van der Waals surface area contributed by atoms with Crippen LogP contribution in [0.15, 0.2) is 60.8 Å². The predicted molar refractivity (Wildman–Crippen MR) is 114 cm³/mol. The van der Waals surface area contributed by atoms with Gasteiger partial charge in [0.2, 0.25) is 5.91 Å². The van der Waals surface area contributed by atoms with Gasteiger partial charge in [0.05, 0.1) is 12.7 Å². The van der Waals surface area contributed by atoms with Crippen molar-refractivity contribution in [2.75, 3.05) is 11.9 Å². The molecule has 6 nitrogen and oxygen atoms in total. The summed E-state index contributed by atoms with van der Waals surface area (Å²) in [7, 11) is 0. The number of rotatable bonds is 8. The van der Waals surface area contributed by atoms with E-state index < -0.39 is 0 Å². The average Bonchev–Trinajstić information content (AvgIpc) is 3.15. The van der Waals surface area contributed by atoms with Gasteiger partial charge < -0.3 is 10.6 Å². The number of hydrogen-bond donors (Lipinski definition) is 2. The second-order valence-electron chi connectivity index (χ2n) is 6.97. The molecule has 150 valence electrons. The summed E-state index contributed by atoms with van der Waals surface area (Å²) in [6.45, 7) is 4.91. The first-order chi connectivity index (χ1) is 14.0. The molecule has 6 heteroatoms. The lowest BCUT2D eigenvalue weighted by atomic mass is 10.1. The third-order valence-corrected chi connectivity index (χ3v) is 4.67. The minimum absolute atomic E-state index is 0.169. The summed E-state index contributed by atoms with van der Waals surface area (Å²) in [5.41, 5.74) is 4.02. The number of nitrogens with one attached hydrogen (secondary N) is 2. The van der Waals surface area contributed by atoms with Gasteiger partial charge in [-0.3, -0.25) is 9.59 Å². The number of aryl methyl sites for hydroxylation is 2. The monoisotopic (exact) mass is 390 g/mol. The molecular formula is C23H26N4O2. The Morgan fingerprint density at radius 3 is 2.52 bits per heavy atom. The molecule has 2 aromatic carbocycles. The highest BCUT2D eigenvalue weighted by atomic mass is 16.2. The van der Waals surface area contributed by atoms with E-state index >= 15 is 0 Å². The Balaban J connectivity index is 1.49. The Bertz CT molecular complexity index is 977. The molecule has 0 fully saturated rings. The fraction of sp³-hybridized carbons (Fsp3) is 0.261. The third kappa shape index (κ3) is 5.78. The molecule has 0 unspecified atom stereocenters. The molecule has 2 amide bonds. The van der Waals surface area contributed by atoms with Crippen molar-refractivity contribution in [1.29, 1.82) is 0 Å². The highest BCUT2D eigenvalue weighted by Crippen LogP contribution is 2.12. The fourth-order valence-corrected chi connectivity index (χ4v) is 3.00. The van der Waals surface area contributed by atoms with Gasteiger partial charge >= 0.3 is 0 Å². The summed E-state index contributed by atoms with van der Waals surface area (Å²) in [6, 6.07) is 17.5. The fourth-order valence-electron chi connectivity index (χ4n) is 3.00. The summed E-state index contributed by atoms with van der Waals surface area (Å²) in [6.07, 6.45) is 2.85. The van der Waals surface area contributed by atoms with Crippen LogP contribution in [0.5, 0.6) is 0 Å². The first-order valence-corrected chi connectivity index (χ1v) is 9.79. The number of anilines is 1. The summed E-state index contributed by atoms with van der Waals surface area (Å²) in [4.78, 5) is 24.4. The second-order valence-corrected chi connectivity index (χ2v) is 6.97. The molecule has 0 bridgehead atoms. The minimum Gasteiger partial charge on any atom is -0.352 e. The van der Waals surface area contributed by atoms with Crippen molar-refractivity contribution >= 4 is 17.6 Å². The number of hydrogen-bond acceptors (Lipinski definition) is 3. The number of nitrogens with zero attached hydrogens (tertiary/aromatic N) is 2. The van der Waals surface area contributed by atoms with E-state index in [2.05, 4.69) is 46.9 Å². The van der Waals surface area contributed by atoms with E-state index in [9.17, 15) is 9.59 Å². The van der Waals surface area contributed by atoms with Crippen molar-refractivity contribution < 1.29 is 9.59 Å². The van der Waals surface area contributed by atoms with E-state index in [0.29, 0.717) is 17.9 Å². The van der Waals surface area contributed by atoms with Crippen molar-refractivity contribution in [2.24, 2.45) is 0 Å². The second kappa shape index (κ2) is 9.68. The number of aromatic nitrogens is 2. The molecule has 29 heavy (non-hydrogen) atoms. The van der Waals surface area contributed by atoms with Crippen molar-refractivity contribution in [3.05, 3.63) is 83.0 Å². The molecule has 0 aliphatic carbocycles. The first kappa shape index (κ1) is 20.3. The molecule has 0 saturated carbocycles. The third-order valence-electron chi connectivity index (χ3n) is 4.67. The predicted octanol–water partition coefficient (Wildman–Crippen LogP) is 3.56. The van der Waals surface area contributed by atoms with Crippen molar-refractivity contribution in [1.82, 2.24) is 15.1 Å². The molecule has 0 radical (unpaired) electrons. The van der Waals surface area contributed by atoms with E-state index in [1.54, 1.807) is 23.0 Å². The van der Waals surface area contributed by atoms with Crippen LogP contribution in [0.3, 0.4) is 0 Å². The Labute approximate surface area is 170 Å². The summed E-state index contributed by atoms with van der Waals surface area (Å²) in [5.74, 6) is 0.291. The molecule has 0 aliphatic heterocycles. The Hall–Kier alpha value is -3.41. The van der Waals surface area contributed by atoms with Gasteiger partial charge in [-0.25, -0.2) is 4.68 Å². The molecule has 1 aromatic heterocycles. The van der Waals surface area contributed by atoms with Gasteiger partial charge in [0.1, 0.15) is 5.82 Å². The van der Waals surface area contributed by atoms with Gasteiger partial charge in [-0.1, -0.05) is 48.9 Å². The van der Waals surface area contributed by atoms with Crippen LogP contribution in [0.25, 0.3) is 0 Å². The number of benzene rings is 2. The molecular weight excluding hydrogens is 364 g/mol. The normalized spacial score (nSPS) is 10.6. The summed E-state index contributed by atoms with van der Waals surface area (Å²) >= 11 is 0. The number of carbonyl (C=O) groups is 2. The van der Waals surface area contributed by atoms with Gasteiger partial charge in [0.15, 0.2) is 0 Å². The summed E-state index contributed by atoms with van der Waals surface area (Å²) < 4.78 is 1.75. The van der Waals surface area contributed by atoms with E-state index in [1.807, 2.05) is 25.1 Å². The zero-order chi connectivity index (χ0) is 20.6. The van der Waals surface area contributed by atoms with Gasteiger partial charge in [0.25, 0.3) is 5.91 Å². The maximum Gasteiger partial charge on any atom is 0.251 e. The smallest absolute Gasteiger partial charge is 0.251 e. The molecule has 3 aromatic rings. The topological polar surface area (TPSA) is 76.0 Å². The van der Waals surface area contributed by atoms with Crippen LogP contribution in [-0.2, 0) is 17.8 Å². The van der Waals surface area contributed by atoms with Crippen LogP contribution >= 0.6 is 0 Å². The molecule has 0 spiro atoms. The van der Waals surface area contributed by atoms with Gasteiger partial charge in [0, 0.05) is 24.6 Å². The Morgan fingerprint density at radius 1 is 1.03 bits per heavy atom. The van der Waals surface area contributed by atoms with Gasteiger partial charge in [-0.15, -0.1) is 0 Å². The lowest BCUT2D eigenvalue weighted by Crippen LogP contribution is -2.28. The quantitative estimate of drug-likeness (QED) is 0.617. The zero-order valence-electron chi connectivity index (χ0n) is 16.8. The maximum atomic E-state index is 12.3.